The van der Waals surface area contributed by atoms with Crippen molar-refractivity contribution in [2.75, 3.05) is 6.61 Å². The molecule has 1 rings (SSSR count). The van der Waals surface area contributed by atoms with Crippen LogP contribution >= 0.6 is 0 Å². The van der Waals surface area contributed by atoms with Crippen LogP contribution in [-0.4, -0.2) is 35.3 Å². The van der Waals surface area contributed by atoms with E-state index in [4.69, 9.17) is 4.74 Å². The number of ketones is 1. The standard InChI is InChI=1S/C15H23NO4/c1-6-13(17)10(4)7-11(5)14(18)16-12(9(2)3)8-20-15(16)19/h7,9-10,12H,6,8H2,1-5H3/b11-7+/t10-,12+/m0/s1. The molecule has 1 fully saturated rings. The maximum absolute atomic E-state index is 12.4. The number of nitrogens with zero attached hydrogens (tertiary/aromatic N) is 1. The molecule has 0 radical (unpaired) electrons. The highest BCUT2D eigenvalue weighted by molar-refractivity contribution is 6.03. The van der Waals surface area contributed by atoms with E-state index < -0.39 is 6.09 Å². The lowest BCUT2D eigenvalue weighted by molar-refractivity contribution is -0.125. The Hall–Kier alpha value is -1.65. The smallest absolute Gasteiger partial charge is 0.417 e. The molecule has 5 nitrogen and oxygen atoms in total. The van der Waals surface area contributed by atoms with Crippen LogP contribution in [0.4, 0.5) is 4.79 Å². The van der Waals surface area contributed by atoms with Gasteiger partial charge in [0.15, 0.2) is 0 Å². The van der Waals surface area contributed by atoms with Crippen LogP contribution in [0.5, 0.6) is 0 Å². The third kappa shape index (κ3) is 3.46. The number of carbonyl (C=O) groups is 3. The molecule has 0 saturated carbocycles. The van der Waals surface area contributed by atoms with Gasteiger partial charge in [-0.1, -0.05) is 33.8 Å². The Morgan fingerprint density at radius 2 is 2.00 bits per heavy atom. The van der Waals surface area contributed by atoms with Crippen LogP contribution < -0.4 is 0 Å². The molecule has 1 aliphatic heterocycles. The number of hydrogen-bond acceptors (Lipinski definition) is 4. The summed E-state index contributed by atoms with van der Waals surface area (Å²) in [5.74, 6) is -0.489. The van der Waals surface area contributed by atoms with E-state index in [0.717, 1.165) is 0 Å². The van der Waals surface area contributed by atoms with Crippen molar-refractivity contribution in [3.8, 4) is 0 Å². The van der Waals surface area contributed by atoms with Gasteiger partial charge in [0.05, 0.1) is 6.04 Å². The molecule has 0 spiro atoms. The van der Waals surface area contributed by atoms with E-state index >= 15 is 0 Å². The minimum absolute atomic E-state index is 0.0709. The average Bonchev–Trinajstić information content (AvgIpc) is 2.78. The molecular formula is C15H23NO4. The van der Waals surface area contributed by atoms with Crippen molar-refractivity contribution < 1.29 is 19.1 Å². The fraction of sp³-hybridized carbons (Fsp3) is 0.667. The summed E-state index contributed by atoms with van der Waals surface area (Å²) in [7, 11) is 0. The molecule has 0 N–H and O–H groups in total. The Morgan fingerprint density at radius 1 is 1.40 bits per heavy atom. The zero-order valence-corrected chi connectivity index (χ0v) is 12.8. The summed E-state index contributed by atoms with van der Waals surface area (Å²) < 4.78 is 4.96. The lowest BCUT2D eigenvalue weighted by Crippen LogP contribution is -2.42. The zero-order chi connectivity index (χ0) is 15.4. The van der Waals surface area contributed by atoms with Gasteiger partial charge in [0.1, 0.15) is 12.4 Å². The van der Waals surface area contributed by atoms with Crippen LogP contribution in [0.1, 0.15) is 41.0 Å². The molecule has 0 aromatic heterocycles. The topological polar surface area (TPSA) is 63.7 Å². The van der Waals surface area contributed by atoms with Gasteiger partial charge in [-0.3, -0.25) is 9.59 Å². The second kappa shape index (κ2) is 6.68. The Morgan fingerprint density at radius 3 is 2.50 bits per heavy atom. The van der Waals surface area contributed by atoms with E-state index in [9.17, 15) is 14.4 Å². The number of rotatable bonds is 5. The highest BCUT2D eigenvalue weighted by atomic mass is 16.6. The molecule has 0 aliphatic carbocycles. The molecule has 0 unspecified atom stereocenters. The fourth-order valence-electron chi connectivity index (χ4n) is 2.21. The summed E-state index contributed by atoms with van der Waals surface area (Å²) in [5.41, 5.74) is 0.406. The highest BCUT2D eigenvalue weighted by Crippen LogP contribution is 2.22. The van der Waals surface area contributed by atoms with Crippen LogP contribution in [-0.2, 0) is 14.3 Å². The van der Waals surface area contributed by atoms with Gasteiger partial charge < -0.3 is 4.74 Å². The van der Waals surface area contributed by atoms with Gasteiger partial charge >= 0.3 is 6.09 Å². The second-order valence-electron chi connectivity index (χ2n) is 5.52. The molecule has 1 aliphatic rings. The normalized spacial score (nSPS) is 21.1. The highest BCUT2D eigenvalue weighted by Gasteiger charge is 2.39. The molecule has 112 valence electrons. The number of hydrogen-bond donors (Lipinski definition) is 0. The molecular weight excluding hydrogens is 258 g/mol. The van der Waals surface area contributed by atoms with E-state index in [1.165, 1.54) is 4.90 Å². The number of allylic oxidation sites excluding steroid dienone is 1. The zero-order valence-electron chi connectivity index (χ0n) is 12.8. The Kier molecular flexibility index (Phi) is 5.48. The monoisotopic (exact) mass is 281 g/mol. The van der Waals surface area contributed by atoms with Gasteiger partial charge in [-0.05, 0) is 12.8 Å². The van der Waals surface area contributed by atoms with Crippen LogP contribution in [0, 0.1) is 11.8 Å². The summed E-state index contributed by atoms with van der Waals surface area (Å²) in [6.45, 7) is 9.29. The maximum atomic E-state index is 12.4. The van der Waals surface area contributed by atoms with Crippen molar-refractivity contribution in [1.29, 1.82) is 0 Å². The summed E-state index contributed by atoms with van der Waals surface area (Å²) in [6, 6.07) is -0.240. The summed E-state index contributed by atoms with van der Waals surface area (Å²) in [4.78, 5) is 36.8. The molecule has 5 heteroatoms. The summed E-state index contributed by atoms with van der Waals surface area (Å²) >= 11 is 0. The fourth-order valence-corrected chi connectivity index (χ4v) is 2.21. The van der Waals surface area contributed by atoms with Crippen molar-refractivity contribution in [2.24, 2.45) is 11.8 Å². The Bertz CT molecular complexity index is 439. The third-order valence-electron chi connectivity index (χ3n) is 3.59. The SMILES string of the molecule is CCC(=O)[C@@H](C)/C=C(\C)C(=O)N1C(=O)OC[C@@H]1C(C)C. The number of amides is 2. The second-order valence-corrected chi connectivity index (χ2v) is 5.52. The molecule has 0 aromatic rings. The summed E-state index contributed by atoms with van der Waals surface area (Å²) in [5, 5.41) is 0. The Labute approximate surface area is 120 Å². The van der Waals surface area contributed by atoms with Gasteiger partial charge in [0, 0.05) is 17.9 Å². The quantitative estimate of drug-likeness (QED) is 0.726. The first-order valence-electron chi connectivity index (χ1n) is 7.01. The van der Waals surface area contributed by atoms with E-state index in [2.05, 4.69) is 0 Å². The molecule has 2 amide bonds. The predicted octanol–water partition coefficient (Wildman–Crippen LogP) is 2.55. The molecule has 1 heterocycles. The van der Waals surface area contributed by atoms with E-state index in [-0.39, 0.29) is 36.2 Å². The number of ether oxygens (including phenoxy) is 1. The van der Waals surface area contributed by atoms with Gasteiger partial charge in [-0.2, -0.15) is 0 Å². The van der Waals surface area contributed by atoms with E-state index in [1.54, 1.807) is 26.8 Å². The van der Waals surface area contributed by atoms with Crippen LogP contribution in [0.15, 0.2) is 11.6 Å². The number of imide groups is 1. The van der Waals surface area contributed by atoms with Gasteiger partial charge in [-0.15, -0.1) is 0 Å². The van der Waals surface area contributed by atoms with Crippen molar-refractivity contribution in [2.45, 2.75) is 47.1 Å². The van der Waals surface area contributed by atoms with Crippen molar-refractivity contribution >= 4 is 17.8 Å². The molecule has 0 bridgehead atoms. The van der Waals surface area contributed by atoms with E-state index in [0.29, 0.717) is 12.0 Å². The minimum atomic E-state index is -0.601. The first kappa shape index (κ1) is 16.4. The third-order valence-corrected chi connectivity index (χ3v) is 3.59. The number of carbonyl (C=O) groups excluding carboxylic acids is 3. The van der Waals surface area contributed by atoms with Crippen molar-refractivity contribution in [3.63, 3.8) is 0 Å². The predicted molar refractivity (Wildman–Crippen MR) is 75.0 cm³/mol. The van der Waals surface area contributed by atoms with Gasteiger partial charge in [0.2, 0.25) is 0 Å². The summed E-state index contributed by atoms with van der Waals surface area (Å²) in [6.07, 6.45) is 1.45. The van der Waals surface area contributed by atoms with Crippen molar-refractivity contribution in [1.82, 2.24) is 4.90 Å². The minimum Gasteiger partial charge on any atom is -0.447 e. The van der Waals surface area contributed by atoms with Crippen molar-refractivity contribution in [3.05, 3.63) is 11.6 Å². The first-order valence-corrected chi connectivity index (χ1v) is 7.01. The van der Waals surface area contributed by atoms with Crippen LogP contribution in [0.25, 0.3) is 0 Å². The molecule has 1 saturated heterocycles. The Balaban J connectivity index is 2.90. The number of Topliss-reactive ketones (excluding diaryl/α,β-unsaturated/α-hetero) is 1. The molecule has 20 heavy (non-hydrogen) atoms. The van der Waals surface area contributed by atoms with Gasteiger partial charge in [-0.25, -0.2) is 9.69 Å². The lowest BCUT2D eigenvalue weighted by atomic mass is 10.00. The maximum Gasteiger partial charge on any atom is 0.417 e. The van der Waals surface area contributed by atoms with Crippen LogP contribution in [0.2, 0.25) is 0 Å². The van der Waals surface area contributed by atoms with E-state index in [1.807, 2.05) is 13.8 Å². The molecule has 0 aromatic carbocycles. The van der Waals surface area contributed by atoms with Gasteiger partial charge in [0.25, 0.3) is 5.91 Å². The number of cyclic esters (lactones) is 1. The average molecular weight is 281 g/mol. The largest absolute Gasteiger partial charge is 0.447 e. The van der Waals surface area contributed by atoms with Crippen LogP contribution in [0.3, 0.4) is 0 Å². The lowest BCUT2D eigenvalue weighted by Gasteiger charge is -2.23. The molecule has 2 atom stereocenters. The first-order chi connectivity index (χ1) is 9.29.